The second kappa shape index (κ2) is 5.69. The zero-order valence-corrected chi connectivity index (χ0v) is 12.7. The lowest BCUT2D eigenvalue weighted by Crippen LogP contribution is -2.54. The third-order valence-electron chi connectivity index (χ3n) is 3.53. The van der Waals surface area contributed by atoms with E-state index in [0.29, 0.717) is 30.8 Å². The molecule has 1 heterocycles. The Morgan fingerprint density at radius 3 is 2.63 bits per heavy atom. The Bertz CT molecular complexity index is 484. The number of ether oxygens (including phenoxy) is 1. The van der Waals surface area contributed by atoms with Gasteiger partial charge in [0.25, 0.3) is 0 Å². The molecule has 1 aliphatic heterocycles. The topological polar surface area (TPSA) is 29.5 Å². The Balaban J connectivity index is 2.28. The fourth-order valence-corrected chi connectivity index (χ4v) is 2.63. The molecule has 0 atom stereocenters. The van der Waals surface area contributed by atoms with Crippen LogP contribution in [0.4, 0.5) is 4.39 Å². The van der Waals surface area contributed by atoms with Crippen molar-refractivity contribution in [1.29, 1.82) is 0 Å². The Labute approximate surface area is 120 Å². The van der Waals surface area contributed by atoms with E-state index < -0.39 is 11.4 Å². The van der Waals surface area contributed by atoms with E-state index in [1.807, 2.05) is 18.7 Å². The van der Waals surface area contributed by atoms with E-state index in [-0.39, 0.29) is 11.3 Å². The second-order valence-electron chi connectivity index (χ2n) is 5.11. The minimum Gasteiger partial charge on any atom is -0.379 e. The average Bonchev–Trinajstić information content (AvgIpc) is 2.41. The van der Waals surface area contributed by atoms with Crippen molar-refractivity contribution in [2.24, 2.45) is 0 Å². The van der Waals surface area contributed by atoms with Gasteiger partial charge in [0, 0.05) is 17.6 Å². The lowest BCUT2D eigenvalue weighted by molar-refractivity contribution is -0.00443. The molecule has 0 saturated carbocycles. The fraction of sp³-hybridized carbons (Fsp3) is 0.500. The van der Waals surface area contributed by atoms with Crippen molar-refractivity contribution < 1.29 is 13.9 Å². The molecular weight excluding hydrogens is 313 g/mol. The predicted molar refractivity (Wildman–Crippen MR) is 74.9 cm³/mol. The maximum Gasteiger partial charge on any atom is 0.185 e. The van der Waals surface area contributed by atoms with Crippen molar-refractivity contribution in [3.63, 3.8) is 0 Å². The van der Waals surface area contributed by atoms with Crippen molar-refractivity contribution in [3.05, 3.63) is 34.1 Å². The molecule has 5 heteroatoms. The number of halogens is 2. The Hall–Kier alpha value is -0.780. The number of ketones is 1. The summed E-state index contributed by atoms with van der Waals surface area (Å²) in [7, 11) is 0. The second-order valence-corrected chi connectivity index (χ2v) is 6.03. The largest absolute Gasteiger partial charge is 0.379 e. The number of carbonyl (C=O) groups excluding carboxylic acids is 1. The highest BCUT2D eigenvalue weighted by molar-refractivity contribution is 9.10. The molecule has 1 fully saturated rings. The van der Waals surface area contributed by atoms with Gasteiger partial charge >= 0.3 is 0 Å². The molecule has 1 saturated heterocycles. The van der Waals surface area contributed by atoms with Crippen LogP contribution < -0.4 is 0 Å². The molecular formula is C14H17BrFNO2. The standard InChI is InChI=1S/C14H17BrFNO2/c1-14(2,17-5-7-19-8-6-17)13(18)11-9-10(15)3-4-12(11)16/h3-4,9H,5-8H2,1-2H3. The molecule has 0 unspecified atom stereocenters. The number of morpholine rings is 1. The zero-order valence-electron chi connectivity index (χ0n) is 11.1. The molecule has 0 aliphatic carbocycles. The first-order valence-corrected chi connectivity index (χ1v) is 7.05. The van der Waals surface area contributed by atoms with E-state index in [1.165, 1.54) is 6.07 Å². The fourth-order valence-electron chi connectivity index (χ4n) is 2.27. The third kappa shape index (κ3) is 3.04. The van der Waals surface area contributed by atoms with Crippen molar-refractivity contribution in [2.45, 2.75) is 19.4 Å². The normalized spacial score (nSPS) is 17.5. The SMILES string of the molecule is CC(C)(C(=O)c1cc(Br)ccc1F)N1CCOCC1. The molecule has 1 aromatic rings. The summed E-state index contributed by atoms with van der Waals surface area (Å²) in [5.74, 6) is -0.678. The van der Waals surface area contributed by atoms with Crippen LogP contribution in [0.3, 0.4) is 0 Å². The molecule has 1 aromatic carbocycles. The number of rotatable bonds is 3. The predicted octanol–water partition coefficient (Wildman–Crippen LogP) is 2.88. The summed E-state index contributed by atoms with van der Waals surface area (Å²) in [5, 5.41) is 0. The number of hydrogen-bond acceptors (Lipinski definition) is 3. The minimum absolute atomic E-state index is 0.130. The van der Waals surface area contributed by atoms with Gasteiger partial charge in [-0.3, -0.25) is 9.69 Å². The minimum atomic E-state index is -0.731. The lowest BCUT2D eigenvalue weighted by Gasteiger charge is -2.39. The number of hydrogen-bond donors (Lipinski definition) is 0. The highest BCUT2D eigenvalue weighted by atomic mass is 79.9. The van der Waals surface area contributed by atoms with Gasteiger partial charge in [-0.2, -0.15) is 0 Å². The van der Waals surface area contributed by atoms with Crippen LogP contribution in [0, 0.1) is 5.82 Å². The molecule has 3 nitrogen and oxygen atoms in total. The van der Waals surface area contributed by atoms with Crippen molar-refractivity contribution in [3.8, 4) is 0 Å². The van der Waals surface area contributed by atoms with Gasteiger partial charge in [-0.1, -0.05) is 15.9 Å². The highest BCUT2D eigenvalue weighted by Gasteiger charge is 2.37. The maximum atomic E-state index is 13.8. The summed E-state index contributed by atoms with van der Waals surface area (Å²) in [6, 6.07) is 4.44. The van der Waals surface area contributed by atoms with Crippen LogP contribution in [0.15, 0.2) is 22.7 Å². The van der Waals surface area contributed by atoms with Gasteiger partial charge < -0.3 is 4.74 Å². The van der Waals surface area contributed by atoms with Crippen molar-refractivity contribution in [2.75, 3.05) is 26.3 Å². The first-order chi connectivity index (χ1) is 8.93. The molecule has 2 rings (SSSR count). The van der Waals surface area contributed by atoms with Gasteiger partial charge in [0.15, 0.2) is 5.78 Å². The van der Waals surface area contributed by atoms with Gasteiger partial charge in [0.2, 0.25) is 0 Å². The first-order valence-electron chi connectivity index (χ1n) is 6.25. The van der Waals surface area contributed by atoms with Crippen LogP contribution >= 0.6 is 15.9 Å². The number of benzene rings is 1. The van der Waals surface area contributed by atoms with Gasteiger partial charge in [-0.05, 0) is 32.0 Å². The van der Waals surface area contributed by atoms with Crippen LogP contribution in [-0.4, -0.2) is 42.5 Å². The molecule has 1 aliphatic rings. The van der Waals surface area contributed by atoms with Crippen molar-refractivity contribution >= 4 is 21.7 Å². The van der Waals surface area contributed by atoms with Crippen LogP contribution in [0.5, 0.6) is 0 Å². The molecule has 0 radical (unpaired) electrons. The lowest BCUT2D eigenvalue weighted by atomic mass is 9.90. The van der Waals surface area contributed by atoms with Gasteiger partial charge in [0.1, 0.15) is 5.82 Å². The summed E-state index contributed by atoms with van der Waals surface area (Å²) in [6.07, 6.45) is 0. The number of Topliss-reactive ketones (excluding diaryl/α,β-unsaturated/α-hetero) is 1. The summed E-state index contributed by atoms with van der Waals surface area (Å²) in [4.78, 5) is 14.6. The molecule has 0 aromatic heterocycles. The molecule has 0 bridgehead atoms. The quantitative estimate of drug-likeness (QED) is 0.798. The van der Waals surface area contributed by atoms with Crippen LogP contribution in [0.1, 0.15) is 24.2 Å². The summed E-state index contributed by atoms with van der Waals surface area (Å²) < 4.78 is 19.8. The first kappa shape index (κ1) is 14.6. The van der Waals surface area contributed by atoms with E-state index in [0.717, 1.165) is 0 Å². The van der Waals surface area contributed by atoms with Crippen LogP contribution in [-0.2, 0) is 4.74 Å². The molecule has 104 valence electrons. The molecule has 0 amide bonds. The number of nitrogens with zero attached hydrogens (tertiary/aromatic N) is 1. The summed E-state index contributed by atoms with van der Waals surface area (Å²) >= 11 is 3.27. The third-order valence-corrected chi connectivity index (χ3v) is 4.02. The van der Waals surface area contributed by atoms with E-state index >= 15 is 0 Å². The molecule has 0 spiro atoms. The van der Waals surface area contributed by atoms with Crippen molar-refractivity contribution in [1.82, 2.24) is 4.90 Å². The van der Waals surface area contributed by atoms with Crippen LogP contribution in [0.2, 0.25) is 0 Å². The average molecular weight is 330 g/mol. The van der Waals surface area contributed by atoms with Gasteiger partial charge in [-0.15, -0.1) is 0 Å². The van der Waals surface area contributed by atoms with Gasteiger partial charge in [-0.25, -0.2) is 4.39 Å². The number of carbonyl (C=O) groups is 1. The van der Waals surface area contributed by atoms with E-state index in [4.69, 9.17) is 4.74 Å². The Morgan fingerprint density at radius 1 is 1.37 bits per heavy atom. The Morgan fingerprint density at radius 2 is 2.00 bits per heavy atom. The maximum absolute atomic E-state index is 13.8. The summed E-state index contributed by atoms with van der Waals surface area (Å²) in [6.45, 7) is 6.26. The molecule has 0 N–H and O–H groups in total. The van der Waals surface area contributed by atoms with E-state index in [1.54, 1.807) is 12.1 Å². The smallest absolute Gasteiger partial charge is 0.185 e. The Kier molecular flexibility index (Phi) is 4.38. The molecule has 19 heavy (non-hydrogen) atoms. The zero-order chi connectivity index (χ0) is 14.0. The summed E-state index contributed by atoms with van der Waals surface area (Å²) in [5.41, 5.74) is -0.600. The van der Waals surface area contributed by atoms with E-state index in [2.05, 4.69) is 15.9 Å². The monoisotopic (exact) mass is 329 g/mol. The van der Waals surface area contributed by atoms with Crippen LogP contribution in [0.25, 0.3) is 0 Å². The van der Waals surface area contributed by atoms with E-state index in [9.17, 15) is 9.18 Å². The highest BCUT2D eigenvalue weighted by Crippen LogP contribution is 2.25. The van der Waals surface area contributed by atoms with Gasteiger partial charge in [0.05, 0.1) is 24.3 Å².